The minimum atomic E-state index is -4.38. The standard InChI is InChI=1S/C14H13F3N2OS/c1-19(8-10-6-7-21-9-10)13(20)18-12-4-2-11(3-5-12)14(15,16)17/h2-7,9H,8H2,1H3,(H,18,20). The van der Waals surface area contributed by atoms with E-state index in [9.17, 15) is 18.0 Å². The van der Waals surface area contributed by atoms with Crippen LogP contribution in [0.15, 0.2) is 41.1 Å². The molecule has 7 heteroatoms. The fraction of sp³-hybridized carbons (Fsp3) is 0.214. The smallest absolute Gasteiger partial charge is 0.323 e. The van der Waals surface area contributed by atoms with E-state index in [4.69, 9.17) is 0 Å². The van der Waals surface area contributed by atoms with Gasteiger partial charge in [0, 0.05) is 19.3 Å². The first-order valence-corrected chi connectivity index (χ1v) is 7.01. The van der Waals surface area contributed by atoms with Gasteiger partial charge in [-0.15, -0.1) is 0 Å². The zero-order chi connectivity index (χ0) is 15.5. The molecule has 0 aliphatic carbocycles. The van der Waals surface area contributed by atoms with Crippen molar-refractivity contribution in [3.63, 3.8) is 0 Å². The lowest BCUT2D eigenvalue weighted by molar-refractivity contribution is -0.137. The third-order valence-electron chi connectivity index (χ3n) is 2.81. The summed E-state index contributed by atoms with van der Waals surface area (Å²) in [6.45, 7) is 0.440. The lowest BCUT2D eigenvalue weighted by Gasteiger charge is -2.17. The van der Waals surface area contributed by atoms with Gasteiger partial charge in [-0.1, -0.05) is 0 Å². The number of nitrogens with one attached hydrogen (secondary N) is 1. The van der Waals surface area contributed by atoms with Crippen molar-refractivity contribution in [1.82, 2.24) is 4.90 Å². The van der Waals surface area contributed by atoms with E-state index in [1.807, 2.05) is 16.8 Å². The molecule has 1 heterocycles. The number of benzene rings is 1. The Morgan fingerprint density at radius 1 is 1.24 bits per heavy atom. The zero-order valence-corrected chi connectivity index (χ0v) is 12.0. The lowest BCUT2D eigenvalue weighted by atomic mass is 10.2. The van der Waals surface area contributed by atoms with Crippen LogP contribution in [-0.2, 0) is 12.7 Å². The van der Waals surface area contributed by atoms with Crippen LogP contribution < -0.4 is 5.32 Å². The van der Waals surface area contributed by atoms with E-state index in [2.05, 4.69) is 5.32 Å². The number of halogens is 3. The summed E-state index contributed by atoms with van der Waals surface area (Å²) in [5.74, 6) is 0. The topological polar surface area (TPSA) is 32.3 Å². The van der Waals surface area contributed by atoms with Crippen molar-refractivity contribution < 1.29 is 18.0 Å². The molecule has 2 rings (SSSR count). The molecule has 0 spiro atoms. The predicted molar refractivity (Wildman–Crippen MR) is 76.2 cm³/mol. The maximum Gasteiger partial charge on any atom is 0.416 e. The van der Waals surface area contributed by atoms with E-state index in [1.165, 1.54) is 28.4 Å². The second-order valence-corrected chi connectivity index (χ2v) is 5.27. The van der Waals surface area contributed by atoms with Crippen LogP contribution in [0.3, 0.4) is 0 Å². The Labute approximate surface area is 124 Å². The van der Waals surface area contributed by atoms with Gasteiger partial charge < -0.3 is 10.2 Å². The molecule has 112 valence electrons. The lowest BCUT2D eigenvalue weighted by Crippen LogP contribution is -2.30. The maximum absolute atomic E-state index is 12.4. The average molecular weight is 314 g/mol. The molecule has 2 aromatic rings. The summed E-state index contributed by atoms with van der Waals surface area (Å²) in [5.41, 5.74) is 0.586. The van der Waals surface area contributed by atoms with Crippen molar-refractivity contribution in [2.24, 2.45) is 0 Å². The molecule has 3 nitrogen and oxygen atoms in total. The molecule has 1 aromatic heterocycles. The monoisotopic (exact) mass is 314 g/mol. The number of urea groups is 1. The quantitative estimate of drug-likeness (QED) is 0.893. The molecule has 1 N–H and O–H groups in total. The van der Waals surface area contributed by atoms with Crippen molar-refractivity contribution in [2.75, 3.05) is 12.4 Å². The Balaban J connectivity index is 1.96. The van der Waals surface area contributed by atoms with Crippen LogP contribution in [0.4, 0.5) is 23.7 Å². The number of anilines is 1. The summed E-state index contributed by atoms with van der Waals surface area (Å²) in [4.78, 5) is 13.4. The van der Waals surface area contributed by atoms with E-state index in [0.29, 0.717) is 12.2 Å². The van der Waals surface area contributed by atoms with E-state index in [-0.39, 0.29) is 6.03 Å². The summed E-state index contributed by atoms with van der Waals surface area (Å²) in [5, 5.41) is 6.40. The van der Waals surface area contributed by atoms with Crippen LogP contribution in [0, 0.1) is 0 Å². The van der Waals surface area contributed by atoms with Crippen LogP contribution in [0.5, 0.6) is 0 Å². The van der Waals surface area contributed by atoms with Crippen molar-refractivity contribution in [2.45, 2.75) is 12.7 Å². The number of hydrogen-bond acceptors (Lipinski definition) is 2. The van der Waals surface area contributed by atoms with E-state index in [0.717, 1.165) is 17.7 Å². The van der Waals surface area contributed by atoms with Crippen molar-refractivity contribution in [3.8, 4) is 0 Å². The number of rotatable bonds is 3. The first-order chi connectivity index (χ1) is 9.86. The number of carbonyl (C=O) groups excluding carboxylic acids is 1. The summed E-state index contributed by atoms with van der Waals surface area (Å²) in [7, 11) is 1.62. The third kappa shape index (κ3) is 4.22. The molecule has 21 heavy (non-hydrogen) atoms. The summed E-state index contributed by atoms with van der Waals surface area (Å²) >= 11 is 1.54. The summed E-state index contributed by atoms with van der Waals surface area (Å²) in [6, 6.07) is 5.88. The van der Waals surface area contributed by atoms with Gasteiger partial charge in [0.2, 0.25) is 0 Å². The van der Waals surface area contributed by atoms with Crippen LogP contribution in [-0.4, -0.2) is 18.0 Å². The van der Waals surface area contributed by atoms with Crippen molar-refractivity contribution in [3.05, 3.63) is 52.2 Å². The Bertz CT molecular complexity index is 594. The fourth-order valence-electron chi connectivity index (χ4n) is 1.69. The predicted octanol–water partition coefficient (Wildman–Crippen LogP) is 4.43. The van der Waals surface area contributed by atoms with E-state index >= 15 is 0 Å². The number of nitrogens with zero attached hydrogens (tertiary/aromatic N) is 1. The van der Waals surface area contributed by atoms with Crippen LogP contribution >= 0.6 is 11.3 Å². The molecule has 0 saturated heterocycles. The highest BCUT2D eigenvalue weighted by Crippen LogP contribution is 2.29. The molecule has 0 bridgehead atoms. The van der Waals surface area contributed by atoms with Crippen LogP contribution in [0.1, 0.15) is 11.1 Å². The molecule has 0 atom stereocenters. The number of amides is 2. The van der Waals surface area contributed by atoms with Gasteiger partial charge in [-0.25, -0.2) is 4.79 Å². The second kappa shape index (κ2) is 6.17. The highest BCUT2D eigenvalue weighted by atomic mass is 32.1. The normalized spacial score (nSPS) is 11.2. The molecule has 0 fully saturated rings. The van der Waals surface area contributed by atoms with Gasteiger partial charge in [0.25, 0.3) is 0 Å². The summed E-state index contributed by atoms with van der Waals surface area (Å²) in [6.07, 6.45) is -4.38. The van der Waals surface area contributed by atoms with Gasteiger partial charge in [-0.05, 0) is 46.7 Å². The largest absolute Gasteiger partial charge is 0.416 e. The Kier molecular flexibility index (Phi) is 4.52. The van der Waals surface area contributed by atoms with E-state index in [1.54, 1.807) is 7.05 Å². The molecular weight excluding hydrogens is 301 g/mol. The molecule has 0 aliphatic rings. The highest BCUT2D eigenvalue weighted by molar-refractivity contribution is 7.07. The number of alkyl halides is 3. The van der Waals surface area contributed by atoms with Gasteiger partial charge >= 0.3 is 12.2 Å². The number of thiophene rings is 1. The molecule has 0 saturated carbocycles. The molecule has 0 unspecified atom stereocenters. The Morgan fingerprint density at radius 2 is 1.90 bits per heavy atom. The van der Waals surface area contributed by atoms with Gasteiger partial charge in [0.1, 0.15) is 0 Å². The molecule has 0 aliphatic heterocycles. The maximum atomic E-state index is 12.4. The van der Waals surface area contributed by atoms with Crippen LogP contribution in [0.2, 0.25) is 0 Å². The van der Waals surface area contributed by atoms with Crippen molar-refractivity contribution >= 4 is 23.1 Å². The second-order valence-electron chi connectivity index (χ2n) is 4.49. The average Bonchev–Trinajstić information content (AvgIpc) is 2.91. The summed E-state index contributed by atoms with van der Waals surface area (Å²) < 4.78 is 37.3. The van der Waals surface area contributed by atoms with Gasteiger partial charge in [-0.3, -0.25) is 0 Å². The first-order valence-electron chi connectivity index (χ1n) is 6.07. The van der Waals surface area contributed by atoms with Crippen molar-refractivity contribution in [1.29, 1.82) is 0 Å². The Morgan fingerprint density at radius 3 is 2.43 bits per heavy atom. The zero-order valence-electron chi connectivity index (χ0n) is 11.1. The molecule has 1 aromatic carbocycles. The third-order valence-corrected chi connectivity index (χ3v) is 3.54. The highest BCUT2D eigenvalue weighted by Gasteiger charge is 2.30. The number of hydrogen-bond donors (Lipinski definition) is 1. The minimum Gasteiger partial charge on any atom is -0.323 e. The number of carbonyl (C=O) groups is 1. The van der Waals surface area contributed by atoms with E-state index < -0.39 is 11.7 Å². The molecule has 0 radical (unpaired) electrons. The SMILES string of the molecule is CN(Cc1ccsc1)C(=O)Nc1ccc(C(F)(F)F)cc1. The van der Waals surface area contributed by atoms with Gasteiger partial charge in [0.15, 0.2) is 0 Å². The minimum absolute atomic E-state index is 0.324. The van der Waals surface area contributed by atoms with Gasteiger partial charge in [-0.2, -0.15) is 24.5 Å². The Hall–Kier alpha value is -2.02. The van der Waals surface area contributed by atoms with Crippen LogP contribution in [0.25, 0.3) is 0 Å². The molecule has 2 amide bonds. The molecular formula is C14H13F3N2OS. The first kappa shape index (κ1) is 15.4. The van der Waals surface area contributed by atoms with Gasteiger partial charge in [0.05, 0.1) is 5.56 Å². The fourth-order valence-corrected chi connectivity index (χ4v) is 2.35.